The number of nitrogens with zero attached hydrogens (tertiary/aromatic N) is 1. The number of likely N-dealkylation sites (tertiary alicyclic amines) is 1. The molecule has 28 heavy (non-hydrogen) atoms. The van der Waals surface area contributed by atoms with Crippen molar-refractivity contribution < 1.29 is 9.21 Å². The van der Waals surface area contributed by atoms with E-state index in [0.717, 1.165) is 49.0 Å². The maximum atomic E-state index is 12.1. The van der Waals surface area contributed by atoms with Crippen LogP contribution >= 0.6 is 0 Å². The van der Waals surface area contributed by atoms with Gasteiger partial charge in [0.2, 0.25) is 0 Å². The van der Waals surface area contributed by atoms with Crippen molar-refractivity contribution in [3.8, 4) is 0 Å². The van der Waals surface area contributed by atoms with E-state index >= 15 is 0 Å². The minimum absolute atomic E-state index is 0.171. The summed E-state index contributed by atoms with van der Waals surface area (Å²) in [5.74, 6) is 0.520. The largest absolute Gasteiger partial charge is 0.464 e. The molecule has 2 aromatic rings. The van der Waals surface area contributed by atoms with E-state index in [0.29, 0.717) is 18.5 Å². The van der Waals surface area contributed by atoms with E-state index < -0.39 is 0 Å². The molecule has 1 aliphatic heterocycles. The predicted octanol–water partition coefficient (Wildman–Crippen LogP) is 5.50. The second-order valence-electron chi connectivity index (χ2n) is 7.71. The molecule has 0 spiro atoms. The number of allylic oxidation sites excluding steroid dienone is 1. The average molecular weight is 384 g/mol. The Bertz CT molecular complexity index is 803. The lowest BCUT2D eigenvalue weighted by Crippen LogP contribution is -2.39. The number of urea groups is 1. The van der Waals surface area contributed by atoms with Gasteiger partial charge in [0.15, 0.2) is 0 Å². The highest BCUT2D eigenvalue weighted by molar-refractivity contribution is 5.93. The summed E-state index contributed by atoms with van der Waals surface area (Å²) in [6.45, 7) is 9.45. The third-order valence-electron chi connectivity index (χ3n) is 5.88. The molecule has 2 heterocycles. The van der Waals surface area contributed by atoms with Gasteiger partial charge in [-0.1, -0.05) is 19.1 Å². The summed E-state index contributed by atoms with van der Waals surface area (Å²) < 4.78 is 5.80. The number of furan rings is 1. The van der Waals surface area contributed by atoms with Crippen LogP contribution in [0.4, 0.5) is 10.5 Å². The zero-order valence-corrected chi connectivity index (χ0v) is 17.3. The first-order valence-electron chi connectivity index (χ1n) is 10.5. The lowest BCUT2D eigenvalue weighted by molar-refractivity contribution is 0.158. The smallest absolute Gasteiger partial charge is 0.319 e. The van der Waals surface area contributed by atoms with Crippen molar-refractivity contribution in [3.63, 3.8) is 0 Å². The van der Waals surface area contributed by atoms with Gasteiger partial charge in [-0.05, 0) is 76.7 Å². The fourth-order valence-corrected chi connectivity index (χ4v) is 3.96. The number of carbonyl (C=O) groups is 1. The van der Waals surface area contributed by atoms with Crippen LogP contribution < -0.4 is 10.6 Å². The van der Waals surface area contributed by atoms with Crippen LogP contribution in [0.5, 0.6) is 0 Å². The summed E-state index contributed by atoms with van der Waals surface area (Å²) in [7, 11) is 0. The van der Waals surface area contributed by atoms with Crippen LogP contribution in [0.25, 0.3) is 11.0 Å². The van der Waals surface area contributed by atoms with Crippen LogP contribution in [-0.4, -0.2) is 36.6 Å². The third-order valence-corrected chi connectivity index (χ3v) is 5.88. The molecule has 0 radical (unpaired) electrons. The van der Waals surface area contributed by atoms with E-state index in [1.54, 1.807) is 0 Å². The minimum atomic E-state index is -0.171. The first-order chi connectivity index (χ1) is 13.6. The van der Waals surface area contributed by atoms with E-state index in [1.165, 1.54) is 12.0 Å². The van der Waals surface area contributed by atoms with Gasteiger partial charge in [0.05, 0.1) is 6.26 Å². The number of rotatable bonds is 7. The molecule has 152 valence electrons. The molecule has 1 atom stereocenters. The van der Waals surface area contributed by atoms with Crippen molar-refractivity contribution in [2.24, 2.45) is 0 Å². The highest BCUT2D eigenvalue weighted by Crippen LogP contribution is 2.36. The quantitative estimate of drug-likeness (QED) is 0.490. The van der Waals surface area contributed by atoms with E-state index in [-0.39, 0.29) is 6.03 Å². The Labute approximate surface area is 168 Å². The number of piperidine rings is 1. The molecule has 0 aliphatic carbocycles. The normalized spacial score (nSPS) is 17.2. The second-order valence-corrected chi connectivity index (χ2v) is 7.71. The highest BCUT2D eigenvalue weighted by atomic mass is 16.3. The fraction of sp³-hybridized carbons (Fsp3) is 0.522. The lowest BCUT2D eigenvalue weighted by atomic mass is 9.88. The van der Waals surface area contributed by atoms with Crippen molar-refractivity contribution in [2.75, 3.05) is 25.0 Å². The predicted molar refractivity (Wildman–Crippen MR) is 116 cm³/mol. The second kappa shape index (κ2) is 9.78. The zero-order chi connectivity index (χ0) is 19.9. The van der Waals surface area contributed by atoms with Crippen LogP contribution in [0.15, 0.2) is 41.0 Å². The molecule has 1 fully saturated rings. The van der Waals surface area contributed by atoms with Crippen LogP contribution in [0.1, 0.15) is 57.9 Å². The van der Waals surface area contributed by atoms with Crippen LogP contribution in [-0.2, 0) is 0 Å². The van der Waals surface area contributed by atoms with Crippen molar-refractivity contribution in [2.45, 2.75) is 58.4 Å². The van der Waals surface area contributed by atoms with Gasteiger partial charge in [0.25, 0.3) is 0 Å². The Morgan fingerprint density at radius 1 is 1.36 bits per heavy atom. The number of hydrogen-bond acceptors (Lipinski definition) is 3. The van der Waals surface area contributed by atoms with E-state index in [9.17, 15) is 4.79 Å². The Balaban J connectivity index is 1.65. The maximum absolute atomic E-state index is 12.1. The Kier molecular flexibility index (Phi) is 7.15. The summed E-state index contributed by atoms with van der Waals surface area (Å²) in [5, 5.41) is 6.93. The van der Waals surface area contributed by atoms with Gasteiger partial charge in [-0.15, -0.1) is 0 Å². The average Bonchev–Trinajstić information content (AvgIpc) is 3.14. The molecule has 5 heteroatoms. The number of hydrogen-bond donors (Lipinski definition) is 2. The monoisotopic (exact) mass is 383 g/mol. The molecule has 1 saturated heterocycles. The van der Waals surface area contributed by atoms with Gasteiger partial charge in [-0.25, -0.2) is 4.79 Å². The molecule has 5 nitrogen and oxygen atoms in total. The maximum Gasteiger partial charge on any atom is 0.319 e. The molecular formula is C23H33N3O2. The summed E-state index contributed by atoms with van der Waals surface area (Å²) in [6, 6.07) is 6.37. The molecule has 1 aliphatic rings. The summed E-state index contributed by atoms with van der Waals surface area (Å²) in [6.07, 6.45) is 10.3. The summed E-state index contributed by atoms with van der Waals surface area (Å²) in [4.78, 5) is 14.7. The van der Waals surface area contributed by atoms with Crippen molar-refractivity contribution in [1.82, 2.24) is 10.2 Å². The van der Waals surface area contributed by atoms with Gasteiger partial charge in [0, 0.05) is 29.2 Å². The van der Waals surface area contributed by atoms with Gasteiger partial charge < -0.3 is 20.0 Å². The number of nitrogens with one attached hydrogen (secondary N) is 2. The molecule has 1 aromatic heterocycles. The number of carbonyl (C=O) groups excluding carboxylic acids is 1. The molecule has 0 saturated carbocycles. The van der Waals surface area contributed by atoms with Gasteiger partial charge in [-0.3, -0.25) is 0 Å². The number of fused-ring (bicyclic) bond motifs is 1. The zero-order valence-electron chi connectivity index (χ0n) is 17.3. The first-order valence-corrected chi connectivity index (χ1v) is 10.5. The molecular weight excluding hydrogens is 350 g/mol. The Morgan fingerprint density at radius 3 is 2.86 bits per heavy atom. The molecule has 3 rings (SSSR count). The van der Waals surface area contributed by atoms with E-state index in [2.05, 4.69) is 29.4 Å². The van der Waals surface area contributed by atoms with Gasteiger partial charge in [0.1, 0.15) is 5.58 Å². The molecule has 1 aromatic carbocycles. The summed E-state index contributed by atoms with van der Waals surface area (Å²) in [5.41, 5.74) is 2.96. The van der Waals surface area contributed by atoms with Crippen LogP contribution in [0.2, 0.25) is 0 Å². The number of benzene rings is 1. The van der Waals surface area contributed by atoms with Crippen molar-refractivity contribution >= 4 is 22.7 Å². The standard InChI is InChI=1S/C23H33N3O2/c1-4-6-7-12-24-23(27)25-19-8-9-22-20(15-19)21(16-28-22)18-10-13-26(14-11-18)17(3)5-2/h4,6,8-9,15-18H,5,7,10-14H2,1-3H3,(H2,24,25,27). The highest BCUT2D eigenvalue weighted by Gasteiger charge is 2.25. The topological polar surface area (TPSA) is 57.5 Å². The van der Waals surface area contributed by atoms with Crippen LogP contribution in [0.3, 0.4) is 0 Å². The Hall–Kier alpha value is -2.27. The number of anilines is 1. The molecule has 1 unspecified atom stereocenters. The molecule has 2 amide bonds. The third kappa shape index (κ3) is 4.96. The van der Waals surface area contributed by atoms with E-state index in [4.69, 9.17) is 4.42 Å². The molecule has 0 bridgehead atoms. The van der Waals surface area contributed by atoms with E-state index in [1.807, 2.05) is 43.5 Å². The van der Waals surface area contributed by atoms with Gasteiger partial charge >= 0.3 is 6.03 Å². The minimum Gasteiger partial charge on any atom is -0.464 e. The first kappa shape index (κ1) is 20.5. The lowest BCUT2D eigenvalue weighted by Gasteiger charge is -2.35. The van der Waals surface area contributed by atoms with Crippen molar-refractivity contribution in [1.29, 1.82) is 0 Å². The van der Waals surface area contributed by atoms with Crippen LogP contribution in [0, 0.1) is 0 Å². The fourth-order valence-electron chi connectivity index (χ4n) is 3.96. The SMILES string of the molecule is CC=CCCNC(=O)Nc1ccc2occ(C3CCN(C(C)CC)CC3)c2c1. The summed E-state index contributed by atoms with van der Waals surface area (Å²) >= 11 is 0. The molecule has 2 N–H and O–H groups in total. The number of amides is 2. The van der Waals surface area contributed by atoms with Gasteiger partial charge in [-0.2, -0.15) is 0 Å². The van der Waals surface area contributed by atoms with Crippen molar-refractivity contribution in [3.05, 3.63) is 42.2 Å². The Morgan fingerprint density at radius 2 is 2.14 bits per heavy atom.